The molecule has 0 radical (unpaired) electrons. The van der Waals surface area contributed by atoms with Crippen molar-refractivity contribution in [1.82, 2.24) is 35.1 Å². The van der Waals surface area contributed by atoms with Crippen molar-refractivity contribution in [2.24, 2.45) is 29.8 Å². The molecule has 2 aliphatic heterocycles. The second-order valence-corrected chi connectivity index (χ2v) is 13.3. The number of likely N-dealkylation sites (tertiary alicyclic amines) is 2. The molecule has 0 aliphatic carbocycles. The third kappa shape index (κ3) is 8.01. The summed E-state index contributed by atoms with van der Waals surface area (Å²) < 4.78 is 6.82. The lowest BCUT2D eigenvalue weighted by molar-refractivity contribution is -0.141. The van der Waals surface area contributed by atoms with Crippen LogP contribution in [0.25, 0.3) is 0 Å². The molecule has 2 fully saturated rings. The van der Waals surface area contributed by atoms with E-state index in [4.69, 9.17) is 4.52 Å². The predicted octanol–water partition coefficient (Wildman–Crippen LogP) is 2.48. The number of aromatic nitrogens is 3. The Balaban J connectivity index is 1.25. The van der Waals surface area contributed by atoms with Gasteiger partial charge in [0.2, 0.25) is 17.7 Å². The molecule has 4 heterocycles. The van der Waals surface area contributed by atoms with Gasteiger partial charge in [0.1, 0.15) is 11.8 Å². The highest BCUT2D eigenvalue weighted by molar-refractivity contribution is 5.94. The van der Waals surface area contributed by atoms with Gasteiger partial charge in [-0.05, 0) is 24.5 Å². The molecular formula is C38H42N8O6. The molecule has 0 bridgehead atoms. The molecule has 5 amide bonds. The first-order valence-corrected chi connectivity index (χ1v) is 17.3. The van der Waals surface area contributed by atoms with E-state index < -0.39 is 41.5 Å². The molecule has 0 spiro atoms. The third-order valence-corrected chi connectivity index (χ3v) is 9.82. The van der Waals surface area contributed by atoms with E-state index in [0.717, 1.165) is 5.56 Å². The van der Waals surface area contributed by atoms with Crippen LogP contribution in [0, 0.1) is 24.7 Å². The summed E-state index contributed by atoms with van der Waals surface area (Å²) in [5.74, 6) is -3.30. The fourth-order valence-corrected chi connectivity index (χ4v) is 7.04. The van der Waals surface area contributed by atoms with E-state index in [1.165, 1.54) is 13.3 Å². The fourth-order valence-electron chi connectivity index (χ4n) is 7.04. The van der Waals surface area contributed by atoms with Crippen molar-refractivity contribution < 1.29 is 28.5 Å². The van der Waals surface area contributed by atoms with Crippen molar-refractivity contribution in [3.8, 4) is 0 Å². The highest BCUT2D eigenvalue weighted by Gasteiger charge is 2.45. The highest BCUT2D eigenvalue weighted by Crippen LogP contribution is 2.36. The van der Waals surface area contributed by atoms with Crippen LogP contribution in [0.5, 0.6) is 0 Å². The van der Waals surface area contributed by atoms with Crippen molar-refractivity contribution >= 4 is 35.8 Å². The van der Waals surface area contributed by atoms with E-state index in [1.54, 1.807) is 71.1 Å². The maximum atomic E-state index is 14.5. The number of amides is 5. The van der Waals surface area contributed by atoms with E-state index in [-0.39, 0.29) is 43.1 Å². The van der Waals surface area contributed by atoms with Gasteiger partial charge in [0.05, 0.1) is 24.0 Å². The van der Waals surface area contributed by atoms with Crippen LogP contribution in [0.1, 0.15) is 51.6 Å². The standard InChI is InChI=1S/C38H42N8O6/c1-24-18-28(52-43-24)19-32(47)41-20-27-14-16-45(22-30(27)35(48)42-33(36(49)39-2)26-12-8-5-9-13-26)37(50)31-23-46(38(51)34-40-15-17-44(34)3)21-29(31)25-10-6-4-7-11-25/h4-13,15,17-18,20,27,29-31,33H,14,16,19,21-23H2,1-3H3,(H,39,49)(H,42,48)/t27?,29-,30-,31+,33-/m0/s1. The lowest BCUT2D eigenvalue weighted by atomic mass is 9.83. The first kappa shape index (κ1) is 35.9. The number of hydrogen-bond donors (Lipinski definition) is 2. The molecule has 14 nitrogen and oxygen atoms in total. The zero-order valence-electron chi connectivity index (χ0n) is 29.3. The summed E-state index contributed by atoms with van der Waals surface area (Å²) in [4.78, 5) is 79.8. The molecule has 52 heavy (non-hydrogen) atoms. The number of carbonyl (C=O) groups excluding carboxylic acids is 5. The number of likely N-dealkylation sites (N-methyl/N-ethyl adjacent to an activating group) is 1. The van der Waals surface area contributed by atoms with Gasteiger partial charge < -0.3 is 29.5 Å². The minimum atomic E-state index is -0.985. The fraction of sp³-hybridized carbons (Fsp3) is 0.368. The van der Waals surface area contributed by atoms with E-state index >= 15 is 0 Å². The Labute approximate surface area is 301 Å². The number of benzene rings is 2. The summed E-state index contributed by atoms with van der Waals surface area (Å²) in [6, 6.07) is 19.2. The van der Waals surface area contributed by atoms with Crippen LogP contribution in [0.2, 0.25) is 0 Å². The molecule has 2 aliphatic rings. The quantitative estimate of drug-likeness (QED) is 0.237. The average Bonchev–Trinajstić information content (AvgIpc) is 3.92. The average molecular weight is 707 g/mol. The van der Waals surface area contributed by atoms with Crippen molar-refractivity contribution in [3.63, 3.8) is 0 Å². The van der Waals surface area contributed by atoms with E-state index in [2.05, 4.69) is 25.8 Å². The Kier molecular flexibility index (Phi) is 11.0. The molecule has 2 aromatic heterocycles. The predicted molar refractivity (Wildman–Crippen MR) is 190 cm³/mol. The Hall–Kier alpha value is -5.92. The van der Waals surface area contributed by atoms with Crippen LogP contribution < -0.4 is 10.6 Å². The first-order valence-electron chi connectivity index (χ1n) is 17.3. The SMILES string of the molecule is CNC(=O)[C@@H](NC(=O)[C@H]1CN(C(=O)[C@@H]2CN(C(=O)c3nccn3C)C[C@H]2c2ccccc2)CCC1C=NC(=O)Cc1cc(C)no1)c1ccccc1. The maximum absolute atomic E-state index is 14.5. The van der Waals surface area contributed by atoms with Crippen molar-refractivity contribution in [2.45, 2.75) is 31.7 Å². The normalized spacial score (nSPS) is 20.8. The van der Waals surface area contributed by atoms with Crippen LogP contribution in [0.4, 0.5) is 0 Å². The van der Waals surface area contributed by atoms with Gasteiger partial charge in [-0.3, -0.25) is 24.0 Å². The number of aliphatic imine (C=N–C) groups is 1. The maximum Gasteiger partial charge on any atom is 0.289 e. The molecule has 0 saturated carbocycles. The van der Waals surface area contributed by atoms with E-state index in [9.17, 15) is 24.0 Å². The van der Waals surface area contributed by atoms with Gasteiger partial charge in [-0.2, -0.15) is 0 Å². The Bertz CT molecular complexity index is 1940. The van der Waals surface area contributed by atoms with E-state index in [0.29, 0.717) is 36.5 Å². The molecular weight excluding hydrogens is 664 g/mol. The van der Waals surface area contributed by atoms with Gasteiger partial charge >= 0.3 is 0 Å². The Morgan fingerprint density at radius 2 is 1.69 bits per heavy atom. The summed E-state index contributed by atoms with van der Waals surface area (Å²) in [5, 5.41) is 9.33. The Morgan fingerprint density at radius 1 is 0.981 bits per heavy atom. The summed E-state index contributed by atoms with van der Waals surface area (Å²) in [6.45, 7) is 2.60. The summed E-state index contributed by atoms with van der Waals surface area (Å²) in [7, 11) is 3.25. The number of imidazole rings is 1. The van der Waals surface area contributed by atoms with E-state index in [1.807, 2.05) is 36.4 Å². The summed E-state index contributed by atoms with van der Waals surface area (Å²) >= 11 is 0. The number of rotatable bonds is 10. The Morgan fingerprint density at radius 3 is 2.35 bits per heavy atom. The molecule has 6 rings (SSSR count). The molecule has 1 unspecified atom stereocenters. The first-order chi connectivity index (χ1) is 25.1. The van der Waals surface area contributed by atoms with Crippen molar-refractivity contribution in [2.75, 3.05) is 33.2 Å². The lowest BCUT2D eigenvalue weighted by Gasteiger charge is -2.38. The molecule has 14 heteroatoms. The number of nitrogens with zero attached hydrogens (tertiary/aromatic N) is 6. The second kappa shape index (κ2) is 16.0. The van der Waals surface area contributed by atoms with Gasteiger partial charge in [0.25, 0.3) is 11.8 Å². The summed E-state index contributed by atoms with van der Waals surface area (Å²) in [5.41, 5.74) is 2.17. The molecule has 270 valence electrons. The van der Waals surface area contributed by atoms with Crippen LogP contribution in [-0.4, -0.2) is 93.5 Å². The number of nitrogens with one attached hydrogen (secondary N) is 2. The van der Waals surface area contributed by atoms with Gasteiger partial charge in [0.15, 0.2) is 5.82 Å². The van der Waals surface area contributed by atoms with Crippen molar-refractivity contribution in [1.29, 1.82) is 0 Å². The largest absolute Gasteiger partial charge is 0.361 e. The smallest absolute Gasteiger partial charge is 0.289 e. The summed E-state index contributed by atoms with van der Waals surface area (Å²) in [6.07, 6.45) is 5.00. The second-order valence-electron chi connectivity index (χ2n) is 13.3. The van der Waals surface area contributed by atoms with Crippen LogP contribution in [0.3, 0.4) is 0 Å². The van der Waals surface area contributed by atoms with Gasteiger partial charge in [-0.1, -0.05) is 65.8 Å². The van der Waals surface area contributed by atoms with Crippen LogP contribution >= 0.6 is 0 Å². The monoisotopic (exact) mass is 706 g/mol. The minimum Gasteiger partial charge on any atom is -0.361 e. The molecule has 2 aromatic carbocycles. The minimum absolute atomic E-state index is 0.0252. The third-order valence-electron chi connectivity index (χ3n) is 9.82. The van der Waals surface area contributed by atoms with Crippen LogP contribution in [-0.2, 0) is 32.6 Å². The van der Waals surface area contributed by atoms with Gasteiger partial charge in [-0.25, -0.2) is 9.98 Å². The van der Waals surface area contributed by atoms with Gasteiger partial charge in [-0.15, -0.1) is 0 Å². The van der Waals surface area contributed by atoms with Crippen LogP contribution in [0.15, 0.2) is 88.6 Å². The molecule has 2 saturated heterocycles. The lowest BCUT2D eigenvalue weighted by Crippen LogP contribution is -2.53. The number of carbonyl (C=O) groups is 5. The molecule has 2 N–H and O–H groups in total. The number of hydrogen-bond acceptors (Lipinski definition) is 8. The zero-order chi connectivity index (χ0) is 36.8. The number of piperidine rings is 1. The zero-order valence-corrected chi connectivity index (χ0v) is 29.3. The highest BCUT2D eigenvalue weighted by atomic mass is 16.5. The number of aryl methyl sites for hydroxylation is 2. The van der Waals surface area contributed by atoms with Crippen molar-refractivity contribution in [3.05, 3.63) is 108 Å². The van der Waals surface area contributed by atoms with Gasteiger partial charge in [0, 0.05) is 76.8 Å². The molecule has 4 aromatic rings. The topological polar surface area (TPSA) is 172 Å². The molecule has 5 atom stereocenters.